The van der Waals surface area contributed by atoms with Gasteiger partial charge >= 0.3 is 0 Å². The number of hydrogen-bond donors (Lipinski definition) is 0. The summed E-state index contributed by atoms with van der Waals surface area (Å²) in [5.74, 6) is 1.66. The predicted octanol–water partition coefficient (Wildman–Crippen LogP) is 4.40. The smallest absolute Gasteiger partial charge is 0.225 e. The third kappa shape index (κ3) is 3.90. The Labute approximate surface area is 180 Å². The number of aryl methyl sites for hydroxylation is 1. The first kappa shape index (κ1) is 19.7. The first-order valence-corrected chi connectivity index (χ1v) is 11.7. The lowest BCUT2D eigenvalue weighted by atomic mass is 9.81. The summed E-state index contributed by atoms with van der Waals surface area (Å²) in [7, 11) is 0. The fourth-order valence-corrected chi connectivity index (χ4v) is 6.08. The van der Waals surface area contributed by atoms with Gasteiger partial charge in [-0.15, -0.1) is 0 Å². The zero-order valence-electron chi connectivity index (χ0n) is 18.0. The molecule has 1 saturated carbocycles. The maximum absolute atomic E-state index is 13.4. The van der Waals surface area contributed by atoms with Crippen LogP contribution in [0.1, 0.15) is 54.8 Å². The second kappa shape index (κ2) is 8.50. The van der Waals surface area contributed by atoms with Crippen molar-refractivity contribution in [2.24, 2.45) is 11.8 Å². The molecule has 0 unspecified atom stereocenters. The second-order valence-electron chi connectivity index (χ2n) is 9.57. The SMILES string of the molecule is Cc1cccc([C@H]2CN(C(=O)C3CCCC3)[C@@H]3CCN(Cc4ccccn4)C[C@H]23)c1. The summed E-state index contributed by atoms with van der Waals surface area (Å²) in [5.41, 5.74) is 3.86. The van der Waals surface area contributed by atoms with E-state index in [9.17, 15) is 4.79 Å². The topological polar surface area (TPSA) is 36.4 Å². The van der Waals surface area contributed by atoms with E-state index in [0.717, 1.165) is 51.1 Å². The Kier molecular flexibility index (Phi) is 5.60. The molecule has 30 heavy (non-hydrogen) atoms. The normalized spacial score (nSPS) is 27.4. The highest BCUT2D eigenvalue weighted by atomic mass is 16.2. The van der Waals surface area contributed by atoms with Gasteiger partial charge < -0.3 is 4.90 Å². The van der Waals surface area contributed by atoms with Gasteiger partial charge in [0.1, 0.15) is 0 Å². The minimum atomic E-state index is 0.272. The van der Waals surface area contributed by atoms with Crippen LogP contribution in [0.5, 0.6) is 0 Å². The van der Waals surface area contributed by atoms with Gasteiger partial charge in [-0.3, -0.25) is 14.7 Å². The van der Waals surface area contributed by atoms with Crippen molar-refractivity contribution in [1.29, 1.82) is 0 Å². The van der Waals surface area contributed by atoms with Crippen LogP contribution < -0.4 is 0 Å². The number of nitrogens with zero attached hydrogens (tertiary/aromatic N) is 3. The van der Waals surface area contributed by atoms with Crippen molar-refractivity contribution < 1.29 is 4.79 Å². The summed E-state index contributed by atoms with van der Waals surface area (Å²) < 4.78 is 0. The summed E-state index contributed by atoms with van der Waals surface area (Å²) in [4.78, 5) is 22.8. The van der Waals surface area contributed by atoms with Crippen molar-refractivity contribution in [2.75, 3.05) is 19.6 Å². The monoisotopic (exact) mass is 403 g/mol. The molecule has 2 aliphatic heterocycles. The number of aromatic nitrogens is 1. The fourth-order valence-electron chi connectivity index (χ4n) is 6.08. The van der Waals surface area contributed by atoms with Crippen molar-refractivity contribution >= 4 is 5.91 Å². The molecule has 1 aromatic carbocycles. The lowest BCUT2D eigenvalue weighted by Crippen LogP contribution is -2.48. The van der Waals surface area contributed by atoms with Gasteiger partial charge in [-0.25, -0.2) is 0 Å². The maximum Gasteiger partial charge on any atom is 0.225 e. The predicted molar refractivity (Wildman–Crippen MR) is 119 cm³/mol. The van der Waals surface area contributed by atoms with E-state index >= 15 is 0 Å². The van der Waals surface area contributed by atoms with E-state index in [2.05, 4.69) is 58.1 Å². The highest BCUT2D eigenvalue weighted by molar-refractivity contribution is 5.80. The van der Waals surface area contributed by atoms with E-state index in [0.29, 0.717) is 23.8 Å². The van der Waals surface area contributed by atoms with Gasteiger partial charge in [-0.1, -0.05) is 48.7 Å². The van der Waals surface area contributed by atoms with Crippen molar-refractivity contribution in [3.05, 3.63) is 65.5 Å². The molecule has 4 nitrogen and oxygen atoms in total. The van der Waals surface area contributed by atoms with Crippen LogP contribution in [0.15, 0.2) is 48.7 Å². The van der Waals surface area contributed by atoms with Gasteiger partial charge in [0, 0.05) is 56.2 Å². The molecule has 3 fully saturated rings. The molecule has 1 amide bonds. The molecule has 0 radical (unpaired) electrons. The Hall–Kier alpha value is -2.20. The van der Waals surface area contributed by atoms with Gasteiger partial charge in [0.25, 0.3) is 0 Å². The Balaban J connectivity index is 1.39. The third-order valence-corrected chi connectivity index (χ3v) is 7.58. The number of carbonyl (C=O) groups is 1. The number of amides is 1. The number of hydrogen-bond acceptors (Lipinski definition) is 3. The minimum Gasteiger partial charge on any atom is -0.338 e. The average Bonchev–Trinajstić information content (AvgIpc) is 3.42. The molecule has 3 heterocycles. The molecular formula is C26H33N3O. The first-order valence-electron chi connectivity index (χ1n) is 11.7. The van der Waals surface area contributed by atoms with E-state index < -0.39 is 0 Å². The molecule has 3 atom stereocenters. The van der Waals surface area contributed by atoms with Crippen LogP contribution in [0.2, 0.25) is 0 Å². The van der Waals surface area contributed by atoms with E-state index in [4.69, 9.17) is 0 Å². The highest BCUT2D eigenvalue weighted by Crippen LogP contribution is 2.43. The minimum absolute atomic E-state index is 0.272. The van der Waals surface area contributed by atoms with Crippen LogP contribution in [0, 0.1) is 18.8 Å². The zero-order valence-corrected chi connectivity index (χ0v) is 18.0. The van der Waals surface area contributed by atoms with Crippen LogP contribution in [0.4, 0.5) is 0 Å². The van der Waals surface area contributed by atoms with Crippen LogP contribution in [0.25, 0.3) is 0 Å². The molecular weight excluding hydrogens is 370 g/mol. The van der Waals surface area contributed by atoms with Crippen LogP contribution in [0.3, 0.4) is 0 Å². The third-order valence-electron chi connectivity index (χ3n) is 7.58. The van der Waals surface area contributed by atoms with E-state index in [-0.39, 0.29) is 5.92 Å². The molecule has 2 aromatic rings. The first-order chi connectivity index (χ1) is 14.7. The largest absolute Gasteiger partial charge is 0.338 e. The van der Waals surface area contributed by atoms with Crippen LogP contribution in [-0.4, -0.2) is 46.4 Å². The molecule has 5 rings (SSSR count). The molecule has 4 heteroatoms. The van der Waals surface area contributed by atoms with Gasteiger partial charge in [-0.2, -0.15) is 0 Å². The Morgan fingerprint density at radius 2 is 1.93 bits per heavy atom. The van der Waals surface area contributed by atoms with Crippen molar-refractivity contribution in [3.8, 4) is 0 Å². The molecule has 1 aromatic heterocycles. The van der Waals surface area contributed by atoms with E-state index in [1.165, 1.54) is 24.0 Å². The summed E-state index contributed by atoms with van der Waals surface area (Å²) in [6.45, 7) is 6.07. The summed E-state index contributed by atoms with van der Waals surface area (Å²) in [6, 6.07) is 15.5. The molecule has 158 valence electrons. The average molecular weight is 404 g/mol. The van der Waals surface area contributed by atoms with Gasteiger partial charge in [-0.05, 0) is 43.9 Å². The Morgan fingerprint density at radius 3 is 2.70 bits per heavy atom. The molecule has 0 spiro atoms. The van der Waals surface area contributed by atoms with Crippen LogP contribution in [-0.2, 0) is 11.3 Å². The zero-order chi connectivity index (χ0) is 20.5. The maximum atomic E-state index is 13.4. The molecule has 2 saturated heterocycles. The van der Waals surface area contributed by atoms with Gasteiger partial charge in [0.05, 0.1) is 5.69 Å². The van der Waals surface area contributed by atoms with E-state index in [1.807, 2.05) is 12.3 Å². The van der Waals surface area contributed by atoms with Crippen molar-refractivity contribution in [1.82, 2.24) is 14.8 Å². The fraction of sp³-hybridized carbons (Fsp3) is 0.538. The number of carbonyl (C=O) groups excluding carboxylic acids is 1. The lowest BCUT2D eigenvalue weighted by molar-refractivity contribution is -0.137. The van der Waals surface area contributed by atoms with Crippen molar-refractivity contribution in [3.63, 3.8) is 0 Å². The molecule has 0 bridgehead atoms. The number of likely N-dealkylation sites (tertiary alicyclic amines) is 2. The highest BCUT2D eigenvalue weighted by Gasteiger charge is 2.48. The lowest BCUT2D eigenvalue weighted by Gasteiger charge is -2.39. The number of benzene rings is 1. The van der Waals surface area contributed by atoms with Gasteiger partial charge in [0.15, 0.2) is 0 Å². The van der Waals surface area contributed by atoms with Crippen LogP contribution >= 0.6 is 0 Å². The number of pyridine rings is 1. The molecule has 0 N–H and O–H groups in total. The standard InChI is InChI=1S/C26H33N3O/c1-19-7-6-10-21(15-19)23-18-29(26(30)20-8-2-3-9-20)25-12-14-28(17-24(23)25)16-22-11-4-5-13-27-22/h4-7,10-11,13,15,20,23-25H,2-3,8-9,12,14,16-18H2,1H3/t23-,24-,25-/m1/s1. The summed E-state index contributed by atoms with van der Waals surface area (Å²) in [5, 5.41) is 0. The number of fused-ring (bicyclic) bond motifs is 1. The summed E-state index contributed by atoms with van der Waals surface area (Å²) in [6.07, 6.45) is 7.59. The quantitative estimate of drug-likeness (QED) is 0.759. The Bertz CT molecular complexity index is 877. The second-order valence-corrected chi connectivity index (χ2v) is 9.57. The summed E-state index contributed by atoms with van der Waals surface area (Å²) >= 11 is 0. The van der Waals surface area contributed by atoms with Crippen molar-refractivity contribution in [2.45, 2.75) is 57.5 Å². The van der Waals surface area contributed by atoms with E-state index in [1.54, 1.807) is 0 Å². The Morgan fingerprint density at radius 1 is 1.07 bits per heavy atom. The molecule has 3 aliphatic rings. The van der Waals surface area contributed by atoms with Gasteiger partial charge in [0.2, 0.25) is 5.91 Å². The molecule has 1 aliphatic carbocycles. The number of rotatable bonds is 4. The number of piperidine rings is 1.